The molecule has 1 saturated heterocycles. The maximum Gasteiger partial charge on any atom is 0.313 e. The second-order valence-corrected chi connectivity index (χ2v) is 4.78. The van der Waals surface area contributed by atoms with Gasteiger partial charge in [-0.05, 0) is 6.92 Å². The smallest absolute Gasteiger partial charge is 0.313 e. The third-order valence-electron chi connectivity index (χ3n) is 1.92. The van der Waals surface area contributed by atoms with Crippen LogP contribution in [-0.4, -0.2) is 46.9 Å². The van der Waals surface area contributed by atoms with Crippen LogP contribution in [0.25, 0.3) is 0 Å². The van der Waals surface area contributed by atoms with Gasteiger partial charge in [-0.2, -0.15) is 8.78 Å². The molecule has 1 heterocycles. The molecule has 5 N–H and O–H groups in total. The van der Waals surface area contributed by atoms with Gasteiger partial charge in [0.25, 0.3) is 0 Å². The zero-order valence-corrected chi connectivity index (χ0v) is 9.58. The summed E-state index contributed by atoms with van der Waals surface area (Å²) < 4.78 is 31.0. The molecule has 16 heavy (non-hydrogen) atoms. The zero-order valence-electron chi connectivity index (χ0n) is 8.77. The molecule has 1 aliphatic rings. The van der Waals surface area contributed by atoms with E-state index in [0.717, 1.165) is 0 Å². The molecule has 0 aromatic heterocycles. The van der Waals surface area contributed by atoms with E-state index in [1.165, 1.54) is 6.92 Å². The monoisotopic (exact) mass is 255 g/mol. The predicted molar refractivity (Wildman–Crippen MR) is 58.4 cm³/mol. The Morgan fingerprint density at radius 3 is 2.69 bits per heavy atom. The van der Waals surface area contributed by atoms with Crippen molar-refractivity contribution in [1.82, 2.24) is 0 Å². The van der Waals surface area contributed by atoms with Crippen molar-refractivity contribution in [2.75, 3.05) is 12.3 Å². The first-order chi connectivity index (χ1) is 7.32. The molecule has 1 rings (SSSR count). The molecule has 0 saturated carbocycles. The van der Waals surface area contributed by atoms with Gasteiger partial charge in [0, 0.05) is 11.8 Å². The highest BCUT2D eigenvalue weighted by molar-refractivity contribution is 8.00. The van der Waals surface area contributed by atoms with Gasteiger partial charge in [-0.15, -0.1) is 0 Å². The molecule has 1 aliphatic heterocycles. The number of amidine groups is 1. The fourth-order valence-corrected chi connectivity index (χ4v) is 1.79. The number of nitrogens with two attached hydrogens (primary N) is 2. The summed E-state index contributed by atoms with van der Waals surface area (Å²) >= 11 is 0.387. The Morgan fingerprint density at radius 1 is 1.69 bits per heavy atom. The lowest BCUT2D eigenvalue weighted by atomic mass is 10.3. The van der Waals surface area contributed by atoms with Gasteiger partial charge in [0.1, 0.15) is 12.6 Å². The fourth-order valence-electron chi connectivity index (χ4n) is 1.00. The Hall–Kier alpha value is -0.440. The van der Waals surface area contributed by atoms with Crippen LogP contribution in [0.15, 0.2) is 4.99 Å². The van der Waals surface area contributed by atoms with Crippen LogP contribution in [-0.2, 0) is 4.74 Å². The molecule has 0 bridgehead atoms. The van der Waals surface area contributed by atoms with Gasteiger partial charge in [0.2, 0.25) is 0 Å². The molecule has 0 amide bonds. The van der Waals surface area contributed by atoms with E-state index in [0.29, 0.717) is 11.8 Å². The van der Waals surface area contributed by atoms with Crippen LogP contribution >= 0.6 is 11.8 Å². The first kappa shape index (κ1) is 13.6. The molecule has 0 radical (unpaired) electrons. The molecule has 1 fully saturated rings. The first-order valence-corrected chi connectivity index (χ1v) is 5.68. The Morgan fingerprint density at radius 2 is 2.25 bits per heavy atom. The van der Waals surface area contributed by atoms with Crippen LogP contribution in [0.1, 0.15) is 6.92 Å². The number of halogens is 2. The number of hydrogen-bond donors (Lipinski definition) is 3. The standard InChI is InChI=1S/C8H15F2N3O2S/c1-4(11)13-3-8(9,10)16-2-5(12)6-7(14)15-6/h5-7,14H,2-3,12H2,1H3,(H2,11,13)/t5-,6?,7?/m0/s1. The predicted octanol–water partition coefficient (Wildman–Crippen LogP) is -0.266. The fraction of sp³-hybridized carbons (Fsp3) is 0.875. The molecule has 0 aromatic rings. The highest BCUT2D eigenvalue weighted by Crippen LogP contribution is 2.32. The van der Waals surface area contributed by atoms with E-state index in [2.05, 4.69) is 9.73 Å². The molecule has 3 atom stereocenters. The van der Waals surface area contributed by atoms with Crippen molar-refractivity contribution in [2.24, 2.45) is 16.5 Å². The van der Waals surface area contributed by atoms with Gasteiger partial charge >= 0.3 is 5.25 Å². The maximum absolute atomic E-state index is 13.2. The van der Waals surface area contributed by atoms with Crippen LogP contribution < -0.4 is 11.5 Å². The van der Waals surface area contributed by atoms with E-state index in [9.17, 15) is 8.78 Å². The number of ether oxygens (including phenoxy) is 1. The van der Waals surface area contributed by atoms with Crippen molar-refractivity contribution in [3.63, 3.8) is 0 Å². The van der Waals surface area contributed by atoms with Gasteiger partial charge in [-0.1, -0.05) is 11.8 Å². The largest absolute Gasteiger partial charge is 0.388 e. The lowest BCUT2D eigenvalue weighted by molar-refractivity contribution is 0.116. The van der Waals surface area contributed by atoms with Crippen molar-refractivity contribution in [3.8, 4) is 0 Å². The number of epoxide rings is 1. The number of hydrogen-bond acceptors (Lipinski definition) is 5. The van der Waals surface area contributed by atoms with Crippen LogP contribution in [0, 0.1) is 0 Å². The van der Waals surface area contributed by atoms with E-state index in [1.807, 2.05) is 0 Å². The van der Waals surface area contributed by atoms with Gasteiger partial charge in [0.05, 0.1) is 5.84 Å². The second kappa shape index (κ2) is 5.26. The number of aliphatic imine (C=N–C) groups is 1. The number of aliphatic hydroxyl groups excluding tert-OH is 1. The van der Waals surface area contributed by atoms with Crippen molar-refractivity contribution in [1.29, 1.82) is 0 Å². The average molecular weight is 255 g/mol. The minimum atomic E-state index is -3.00. The SMILES string of the molecule is CC(N)=NCC(F)(F)SC[C@H](N)C1OC1O. The Labute approximate surface area is 96.2 Å². The molecular formula is C8H15F2N3O2S. The minimum Gasteiger partial charge on any atom is -0.388 e. The molecule has 94 valence electrons. The highest BCUT2D eigenvalue weighted by atomic mass is 32.2. The lowest BCUT2D eigenvalue weighted by Gasteiger charge is -2.15. The summed E-state index contributed by atoms with van der Waals surface area (Å²) in [5.41, 5.74) is 10.7. The van der Waals surface area contributed by atoms with Crippen molar-refractivity contribution in [2.45, 2.75) is 30.6 Å². The van der Waals surface area contributed by atoms with Gasteiger partial charge < -0.3 is 21.3 Å². The summed E-state index contributed by atoms with van der Waals surface area (Å²) in [6.07, 6.45) is -1.43. The molecule has 0 aromatic carbocycles. The molecule has 2 unspecified atom stereocenters. The van der Waals surface area contributed by atoms with Crippen LogP contribution in [0.3, 0.4) is 0 Å². The summed E-state index contributed by atoms with van der Waals surface area (Å²) in [5.74, 6) is 0.110. The van der Waals surface area contributed by atoms with E-state index in [4.69, 9.17) is 16.6 Å². The van der Waals surface area contributed by atoms with Gasteiger partial charge in [-0.25, -0.2) is 0 Å². The third kappa shape index (κ3) is 4.60. The first-order valence-electron chi connectivity index (χ1n) is 4.69. The summed E-state index contributed by atoms with van der Waals surface area (Å²) in [4.78, 5) is 3.45. The molecule has 5 nitrogen and oxygen atoms in total. The lowest BCUT2D eigenvalue weighted by Crippen LogP contribution is -2.33. The zero-order chi connectivity index (χ0) is 12.3. The highest BCUT2D eigenvalue weighted by Gasteiger charge is 2.43. The molecular weight excluding hydrogens is 240 g/mol. The van der Waals surface area contributed by atoms with Crippen molar-refractivity contribution in [3.05, 3.63) is 0 Å². The third-order valence-corrected chi connectivity index (χ3v) is 3.03. The van der Waals surface area contributed by atoms with E-state index in [-0.39, 0.29) is 11.6 Å². The topological polar surface area (TPSA) is 97.2 Å². The average Bonchev–Trinajstić information content (AvgIpc) is 2.89. The number of thioether (sulfide) groups is 1. The van der Waals surface area contributed by atoms with Crippen molar-refractivity contribution < 1.29 is 18.6 Å². The van der Waals surface area contributed by atoms with Crippen LogP contribution in [0.5, 0.6) is 0 Å². The van der Waals surface area contributed by atoms with Gasteiger partial charge in [0.15, 0.2) is 6.29 Å². The maximum atomic E-state index is 13.2. The second-order valence-electron chi connectivity index (χ2n) is 3.56. The summed E-state index contributed by atoms with van der Waals surface area (Å²) in [6.45, 7) is 0.779. The number of nitrogens with zero attached hydrogens (tertiary/aromatic N) is 1. The van der Waals surface area contributed by atoms with Crippen molar-refractivity contribution >= 4 is 17.6 Å². The summed E-state index contributed by atoms with van der Waals surface area (Å²) in [6, 6.07) is -0.603. The number of rotatable bonds is 6. The Bertz CT molecular complexity index is 274. The van der Waals surface area contributed by atoms with E-state index >= 15 is 0 Å². The molecule has 0 spiro atoms. The Balaban J connectivity index is 2.27. The molecule has 0 aliphatic carbocycles. The molecule has 8 heteroatoms. The van der Waals surface area contributed by atoms with Crippen LogP contribution in [0.4, 0.5) is 8.78 Å². The number of aliphatic hydroxyl groups is 1. The van der Waals surface area contributed by atoms with Crippen LogP contribution in [0.2, 0.25) is 0 Å². The van der Waals surface area contributed by atoms with E-state index < -0.39 is 30.2 Å². The summed E-state index contributed by atoms with van der Waals surface area (Å²) in [5, 5.41) is 5.86. The Kier molecular flexibility index (Phi) is 4.48. The summed E-state index contributed by atoms with van der Waals surface area (Å²) in [7, 11) is 0. The van der Waals surface area contributed by atoms with E-state index in [1.54, 1.807) is 0 Å². The minimum absolute atomic E-state index is 0.00609. The quantitative estimate of drug-likeness (QED) is 0.345. The number of alkyl halides is 2. The normalized spacial score (nSPS) is 27.9. The van der Waals surface area contributed by atoms with Gasteiger partial charge in [-0.3, -0.25) is 4.99 Å².